The molecule has 0 aliphatic heterocycles. The summed E-state index contributed by atoms with van der Waals surface area (Å²) in [6.07, 6.45) is 3.05. The lowest BCUT2D eigenvalue weighted by molar-refractivity contribution is -0.111. The summed E-state index contributed by atoms with van der Waals surface area (Å²) >= 11 is 0. The van der Waals surface area contributed by atoms with E-state index in [1.54, 1.807) is 22.9 Å². The third kappa shape index (κ3) is 3.12. The molecule has 0 radical (unpaired) electrons. The summed E-state index contributed by atoms with van der Waals surface area (Å²) in [7, 11) is 1.83. The number of amides is 1. The van der Waals surface area contributed by atoms with Gasteiger partial charge in [-0.2, -0.15) is 5.10 Å². The van der Waals surface area contributed by atoms with Gasteiger partial charge in [0.15, 0.2) is 0 Å². The minimum absolute atomic E-state index is 0.242. The van der Waals surface area contributed by atoms with Crippen LogP contribution in [0, 0.1) is 19.7 Å². The number of halogens is 1. The Balaban J connectivity index is 2.07. The minimum atomic E-state index is -0.298. The van der Waals surface area contributed by atoms with Crippen LogP contribution >= 0.6 is 0 Å². The number of aryl methyl sites for hydroxylation is 2. The fraction of sp³-hybridized carbons (Fsp3) is 0.200. The zero-order valence-corrected chi connectivity index (χ0v) is 11.6. The van der Waals surface area contributed by atoms with Crippen molar-refractivity contribution in [1.29, 1.82) is 0 Å². The number of aromatic nitrogens is 2. The number of nitrogens with one attached hydrogen (secondary N) is 1. The van der Waals surface area contributed by atoms with Gasteiger partial charge in [0, 0.05) is 13.1 Å². The number of nitrogens with zero attached hydrogens (tertiary/aromatic N) is 2. The molecule has 0 saturated carbocycles. The zero-order chi connectivity index (χ0) is 14.7. The second kappa shape index (κ2) is 5.69. The van der Waals surface area contributed by atoms with Crippen molar-refractivity contribution in [3.8, 4) is 0 Å². The van der Waals surface area contributed by atoms with E-state index in [-0.39, 0.29) is 11.7 Å². The van der Waals surface area contributed by atoms with E-state index in [0.29, 0.717) is 0 Å². The monoisotopic (exact) mass is 273 g/mol. The Labute approximate surface area is 116 Å². The first-order valence-electron chi connectivity index (χ1n) is 6.22. The highest BCUT2D eigenvalue weighted by Crippen LogP contribution is 2.18. The number of hydrogen-bond donors (Lipinski definition) is 1. The van der Waals surface area contributed by atoms with Crippen molar-refractivity contribution in [3.63, 3.8) is 0 Å². The largest absolute Gasteiger partial charge is 0.319 e. The fourth-order valence-electron chi connectivity index (χ4n) is 1.87. The summed E-state index contributed by atoms with van der Waals surface area (Å²) in [5.74, 6) is -0.540. The van der Waals surface area contributed by atoms with Gasteiger partial charge in [-0.25, -0.2) is 4.39 Å². The second-order valence-electron chi connectivity index (χ2n) is 4.54. The molecule has 1 heterocycles. The summed E-state index contributed by atoms with van der Waals surface area (Å²) < 4.78 is 14.5. The van der Waals surface area contributed by atoms with Gasteiger partial charge < -0.3 is 5.32 Å². The molecule has 20 heavy (non-hydrogen) atoms. The summed E-state index contributed by atoms with van der Waals surface area (Å²) in [5, 5.41) is 7.03. The van der Waals surface area contributed by atoms with E-state index >= 15 is 0 Å². The molecule has 104 valence electrons. The van der Waals surface area contributed by atoms with E-state index in [4.69, 9.17) is 0 Å². The third-order valence-electron chi connectivity index (χ3n) is 3.05. The Morgan fingerprint density at radius 1 is 1.30 bits per heavy atom. The number of hydrogen-bond acceptors (Lipinski definition) is 2. The quantitative estimate of drug-likeness (QED) is 0.874. The van der Waals surface area contributed by atoms with E-state index in [0.717, 1.165) is 22.6 Å². The lowest BCUT2D eigenvalue weighted by atomic mass is 10.2. The highest BCUT2D eigenvalue weighted by atomic mass is 19.1. The van der Waals surface area contributed by atoms with E-state index in [9.17, 15) is 9.18 Å². The lowest BCUT2D eigenvalue weighted by Crippen LogP contribution is -2.09. The first kappa shape index (κ1) is 14.0. The molecule has 0 fully saturated rings. The average Bonchev–Trinajstić information content (AvgIpc) is 2.65. The van der Waals surface area contributed by atoms with Gasteiger partial charge >= 0.3 is 0 Å². The number of carbonyl (C=O) groups excluding carboxylic acids is 1. The maximum absolute atomic E-state index is 12.8. The number of anilines is 1. The normalized spacial score (nSPS) is 11.0. The van der Waals surface area contributed by atoms with Crippen molar-refractivity contribution < 1.29 is 9.18 Å². The van der Waals surface area contributed by atoms with Crippen LogP contribution in [-0.2, 0) is 11.8 Å². The van der Waals surface area contributed by atoms with Crippen LogP contribution in [0.5, 0.6) is 0 Å². The van der Waals surface area contributed by atoms with E-state index in [1.165, 1.54) is 18.2 Å². The highest BCUT2D eigenvalue weighted by Gasteiger charge is 2.10. The van der Waals surface area contributed by atoms with Gasteiger partial charge in [0.1, 0.15) is 5.82 Å². The van der Waals surface area contributed by atoms with Crippen molar-refractivity contribution in [2.24, 2.45) is 7.05 Å². The van der Waals surface area contributed by atoms with Crippen molar-refractivity contribution in [2.45, 2.75) is 13.8 Å². The van der Waals surface area contributed by atoms with E-state index in [2.05, 4.69) is 10.4 Å². The predicted octanol–water partition coefficient (Wildman–Crippen LogP) is 2.83. The molecule has 1 amide bonds. The molecule has 0 aliphatic rings. The van der Waals surface area contributed by atoms with Crippen molar-refractivity contribution >= 4 is 17.7 Å². The first-order chi connectivity index (χ1) is 9.47. The van der Waals surface area contributed by atoms with Gasteiger partial charge in [-0.15, -0.1) is 0 Å². The topological polar surface area (TPSA) is 46.9 Å². The summed E-state index contributed by atoms with van der Waals surface area (Å²) in [6.45, 7) is 3.73. The van der Waals surface area contributed by atoms with Crippen LogP contribution in [-0.4, -0.2) is 15.7 Å². The maximum atomic E-state index is 12.8. The molecular weight excluding hydrogens is 257 g/mol. The molecular formula is C15H16FN3O. The van der Waals surface area contributed by atoms with Gasteiger partial charge in [0.05, 0.1) is 17.1 Å². The molecule has 2 rings (SSSR count). The number of benzene rings is 1. The molecule has 1 N–H and O–H groups in total. The van der Waals surface area contributed by atoms with Crippen molar-refractivity contribution in [3.05, 3.63) is 53.1 Å². The van der Waals surface area contributed by atoms with Gasteiger partial charge in [-0.3, -0.25) is 9.48 Å². The molecule has 0 bridgehead atoms. The predicted molar refractivity (Wildman–Crippen MR) is 76.7 cm³/mol. The van der Waals surface area contributed by atoms with Crippen molar-refractivity contribution in [2.75, 3.05) is 5.32 Å². The number of carbonyl (C=O) groups is 1. The molecule has 0 unspecified atom stereocenters. The molecule has 5 heteroatoms. The lowest BCUT2D eigenvalue weighted by Gasteiger charge is -2.02. The Kier molecular flexibility index (Phi) is 3.98. The molecule has 2 aromatic rings. The van der Waals surface area contributed by atoms with Crippen LogP contribution in [0.15, 0.2) is 30.3 Å². The van der Waals surface area contributed by atoms with Gasteiger partial charge in [-0.1, -0.05) is 12.1 Å². The molecule has 1 aromatic heterocycles. The Hall–Kier alpha value is -2.43. The standard InChI is InChI=1S/C15H16FN3O/c1-10-15(11(2)19(3)18-10)17-14(20)9-6-12-4-7-13(16)8-5-12/h4-9H,1-3H3,(H,17,20)/b9-6+. The second-order valence-corrected chi connectivity index (χ2v) is 4.54. The van der Waals surface area contributed by atoms with Crippen LogP contribution in [0.25, 0.3) is 6.08 Å². The highest BCUT2D eigenvalue weighted by molar-refractivity contribution is 6.02. The fourth-order valence-corrected chi connectivity index (χ4v) is 1.87. The van der Waals surface area contributed by atoms with Gasteiger partial charge in [0.2, 0.25) is 5.91 Å². The van der Waals surface area contributed by atoms with E-state index in [1.807, 2.05) is 20.9 Å². The minimum Gasteiger partial charge on any atom is -0.319 e. The molecule has 1 aromatic carbocycles. The molecule has 0 spiro atoms. The number of rotatable bonds is 3. The molecule has 0 atom stereocenters. The Bertz CT molecular complexity index is 657. The van der Waals surface area contributed by atoms with Gasteiger partial charge in [-0.05, 0) is 37.6 Å². The van der Waals surface area contributed by atoms with Gasteiger partial charge in [0.25, 0.3) is 0 Å². The van der Waals surface area contributed by atoms with Crippen molar-refractivity contribution in [1.82, 2.24) is 9.78 Å². The summed E-state index contributed by atoms with van der Waals surface area (Å²) in [4.78, 5) is 11.9. The van der Waals surface area contributed by atoms with E-state index < -0.39 is 0 Å². The molecule has 0 saturated heterocycles. The van der Waals surface area contributed by atoms with Crippen LogP contribution < -0.4 is 5.32 Å². The third-order valence-corrected chi connectivity index (χ3v) is 3.05. The SMILES string of the molecule is Cc1nn(C)c(C)c1NC(=O)/C=C/c1ccc(F)cc1. The molecule has 0 aliphatic carbocycles. The molecule has 4 nitrogen and oxygen atoms in total. The van der Waals surface area contributed by atoms with Crippen LogP contribution in [0.4, 0.5) is 10.1 Å². The summed E-state index contributed by atoms with van der Waals surface area (Å²) in [5.41, 5.74) is 3.15. The smallest absolute Gasteiger partial charge is 0.248 e. The zero-order valence-electron chi connectivity index (χ0n) is 11.6. The Morgan fingerprint density at radius 3 is 2.50 bits per heavy atom. The van der Waals surface area contributed by atoms with Crippen LogP contribution in [0.3, 0.4) is 0 Å². The Morgan fingerprint density at radius 2 is 1.95 bits per heavy atom. The summed E-state index contributed by atoms with van der Waals surface area (Å²) in [6, 6.07) is 5.93. The van der Waals surface area contributed by atoms with Crippen LogP contribution in [0.1, 0.15) is 17.0 Å². The average molecular weight is 273 g/mol. The van der Waals surface area contributed by atoms with Crippen LogP contribution in [0.2, 0.25) is 0 Å². The maximum Gasteiger partial charge on any atom is 0.248 e. The first-order valence-corrected chi connectivity index (χ1v) is 6.22.